The van der Waals surface area contributed by atoms with Crippen molar-refractivity contribution in [2.75, 3.05) is 20.7 Å². The summed E-state index contributed by atoms with van der Waals surface area (Å²) in [7, 11) is 3.84. The molecule has 0 saturated heterocycles. The van der Waals surface area contributed by atoms with Crippen LogP contribution in [0.2, 0.25) is 0 Å². The molecule has 0 aromatic heterocycles. The molecule has 16 heavy (non-hydrogen) atoms. The van der Waals surface area contributed by atoms with Gasteiger partial charge in [-0.2, -0.15) is 0 Å². The topological polar surface area (TPSA) is 38.5 Å². The van der Waals surface area contributed by atoms with Crippen LogP contribution in [0.3, 0.4) is 0 Å². The first-order chi connectivity index (χ1) is 7.67. The first-order valence-electron chi connectivity index (χ1n) is 5.65. The van der Waals surface area contributed by atoms with Gasteiger partial charge in [-0.05, 0) is 25.1 Å². The van der Waals surface area contributed by atoms with Gasteiger partial charge in [-0.1, -0.05) is 24.3 Å². The lowest BCUT2D eigenvalue weighted by molar-refractivity contribution is 0.0836. The highest BCUT2D eigenvalue weighted by Crippen LogP contribution is 2.10. The zero-order valence-corrected chi connectivity index (χ0v) is 10.4. The van der Waals surface area contributed by atoms with Gasteiger partial charge in [0.15, 0.2) is 0 Å². The molecule has 90 valence electrons. The molecule has 0 aliphatic carbocycles. The van der Waals surface area contributed by atoms with Gasteiger partial charge in [0, 0.05) is 26.7 Å². The van der Waals surface area contributed by atoms with E-state index in [0.29, 0.717) is 6.54 Å². The van der Waals surface area contributed by atoms with Gasteiger partial charge < -0.3 is 10.5 Å². The van der Waals surface area contributed by atoms with Gasteiger partial charge in [-0.15, -0.1) is 0 Å². The van der Waals surface area contributed by atoms with Crippen LogP contribution in [0.4, 0.5) is 0 Å². The second-order valence-corrected chi connectivity index (χ2v) is 4.22. The second kappa shape index (κ2) is 6.63. The lowest BCUT2D eigenvalue weighted by Gasteiger charge is -2.21. The predicted molar refractivity (Wildman–Crippen MR) is 67.1 cm³/mol. The van der Waals surface area contributed by atoms with Crippen LogP contribution >= 0.6 is 0 Å². The number of nitrogens with zero attached hydrogens (tertiary/aromatic N) is 1. The van der Waals surface area contributed by atoms with E-state index in [1.54, 1.807) is 7.11 Å². The van der Waals surface area contributed by atoms with Gasteiger partial charge in [0.25, 0.3) is 0 Å². The summed E-state index contributed by atoms with van der Waals surface area (Å²) in [5, 5.41) is 0. The predicted octanol–water partition coefficient (Wildman–Crippen LogP) is 1.61. The number of hydrogen-bond donors (Lipinski definition) is 1. The number of ether oxygens (including phenoxy) is 1. The second-order valence-electron chi connectivity index (χ2n) is 4.22. The van der Waals surface area contributed by atoms with Crippen LogP contribution in [0.15, 0.2) is 24.3 Å². The first-order valence-corrected chi connectivity index (χ1v) is 5.65. The fourth-order valence-electron chi connectivity index (χ4n) is 1.78. The van der Waals surface area contributed by atoms with E-state index in [1.165, 1.54) is 11.1 Å². The Morgan fingerprint density at radius 3 is 2.50 bits per heavy atom. The maximum Gasteiger partial charge on any atom is 0.0670 e. The smallest absolute Gasteiger partial charge is 0.0670 e. The van der Waals surface area contributed by atoms with Crippen LogP contribution in [-0.2, 0) is 17.8 Å². The maximum atomic E-state index is 5.71. The molecule has 2 N–H and O–H groups in total. The highest BCUT2D eigenvalue weighted by atomic mass is 16.5. The van der Waals surface area contributed by atoms with E-state index in [9.17, 15) is 0 Å². The average Bonchev–Trinajstić information content (AvgIpc) is 2.29. The summed E-state index contributed by atoms with van der Waals surface area (Å²) in [6.45, 7) is 4.52. The van der Waals surface area contributed by atoms with Crippen LogP contribution in [0.25, 0.3) is 0 Å². The quantitative estimate of drug-likeness (QED) is 0.794. The third-order valence-corrected chi connectivity index (χ3v) is 2.75. The largest absolute Gasteiger partial charge is 0.380 e. The van der Waals surface area contributed by atoms with E-state index < -0.39 is 0 Å². The van der Waals surface area contributed by atoms with Gasteiger partial charge in [0.05, 0.1) is 6.10 Å². The highest BCUT2D eigenvalue weighted by Gasteiger charge is 2.07. The molecule has 0 fully saturated rings. The molecule has 1 unspecified atom stereocenters. The molecule has 1 aromatic carbocycles. The maximum absolute atomic E-state index is 5.71. The molecule has 0 saturated carbocycles. The average molecular weight is 222 g/mol. The van der Waals surface area contributed by atoms with Crippen molar-refractivity contribution in [3.05, 3.63) is 35.4 Å². The third-order valence-electron chi connectivity index (χ3n) is 2.75. The fraction of sp³-hybridized carbons (Fsp3) is 0.538. The van der Waals surface area contributed by atoms with Crippen LogP contribution in [-0.4, -0.2) is 31.7 Å². The van der Waals surface area contributed by atoms with E-state index in [4.69, 9.17) is 10.5 Å². The van der Waals surface area contributed by atoms with Crippen molar-refractivity contribution in [1.82, 2.24) is 4.90 Å². The molecule has 3 heteroatoms. The molecule has 1 atom stereocenters. The lowest BCUT2D eigenvalue weighted by atomic mass is 10.1. The van der Waals surface area contributed by atoms with E-state index in [2.05, 4.69) is 37.1 Å². The number of hydrogen-bond acceptors (Lipinski definition) is 3. The van der Waals surface area contributed by atoms with Crippen molar-refractivity contribution >= 4 is 0 Å². The fourth-order valence-corrected chi connectivity index (χ4v) is 1.78. The van der Waals surface area contributed by atoms with E-state index in [0.717, 1.165) is 13.1 Å². The van der Waals surface area contributed by atoms with Gasteiger partial charge in [-0.25, -0.2) is 0 Å². The minimum absolute atomic E-state index is 0.259. The van der Waals surface area contributed by atoms with E-state index >= 15 is 0 Å². The Kier molecular flexibility index (Phi) is 5.46. The minimum atomic E-state index is 0.259. The molecule has 1 rings (SSSR count). The van der Waals surface area contributed by atoms with Crippen molar-refractivity contribution in [2.45, 2.75) is 26.1 Å². The molecular formula is C13H22N2O. The van der Waals surface area contributed by atoms with Crippen molar-refractivity contribution in [1.29, 1.82) is 0 Å². The summed E-state index contributed by atoms with van der Waals surface area (Å²) >= 11 is 0. The van der Waals surface area contributed by atoms with Crippen LogP contribution in [0, 0.1) is 0 Å². The Hall–Kier alpha value is -0.900. The number of methoxy groups -OCH3 is 1. The number of rotatable bonds is 6. The molecule has 1 aromatic rings. The Morgan fingerprint density at radius 1 is 1.31 bits per heavy atom. The zero-order chi connectivity index (χ0) is 12.0. The van der Waals surface area contributed by atoms with E-state index in [-0.39, 0.29) is 6.10 Å². The summed E-state index contributed by atoms with van der Waals surface area (Å²) in [6.07, 6.45) is 0.259. The van der Waals surface area contributed by atoms with E-state index in [1.807, 2.05) is 6.07 Å². The molecule has 3 nitrogen and oxygen atoms in total. The number of benzene rings is 1. The van der Waals surface area contributed by atoms with Gasteiger partial charge >= 0.3 is 0 Å². The van der Waals surface area contributed by atoms with Gasteiger partial charge in [0.1, 0.15) is 0 Å². The third kappa shape index (κ3) is 3.93. The Balaban J connectivity index is 2.58. The molecule has 0 radical (unpaired) electrons. The Bertz CT molecular complexity index is 315. The molecule has 0 bridgehead atoms. The molecular weight excluding hydrogens is 200 g/mol. The SMILES string of the molecule is COC(C)CN(C)Cc1ccccc1CN. The molecule has 0 aliphatic heterocycles. The summed E-state index contributed by atoms with van der Waals surface area (Å²) in [5.74, 6) is 0. The summed E-state index contributed by atoms with van der Waals surface area (Å²) in [4.78, 5) is 2.25. The van der Waals surface area contributed by atoms with Crippen molar-refractivity contribution in [3.63, 3.8) is 0 Å². The standard InChI is InChI=1S/C13H22N2O/c1-11(16-3)9-15(2)10-13-7-5-4-6-12(13)8-14/h4-7,11H,8-10,14H2,1-3H3. The number of likely N-dealkylation sites (N-methyl/N-ethyl adjacent to an activating group) is 1. The van der Waals surface area contributed by atoms with Crippen molar-refractivity contribution in [2.24, 2.45) is 5.73 Å². The van der Waals surface area contributed by atoms with Gasteiger partial charge in [-0.3, -0.25) is 4.90 Å². The van der Waals surface area contributed by atoms with Crippen molar-refractivity contribution < 1.29 is 4.74 Å². The Morgan fingerprint density at radius 2 is 1.94 bits per heavy atom. The van der Waals surface area contributed by atoms with Gasteiger partial charge in [0.2, 0.25) is 0 Å². The van der Waals surface area contributed by atoms with Crippen LogP contribution in [0.5, 0.6) is 0 Å². The lowest BCUT2D eigenvalue weighted by Crippen LogP contribution is -2.28. The van der Waals surface area contributed by atoms with Crippen molar-refractivity contribution in [3.8, 4) is 0 Å². The summed E-state index contributed by atoms with van der Waals surface area (Å²) in [5.41, 5.74) is 8.23. The minimum Gasteiger partial charge on any atom is -0.380 e. The van der Waals surface area contributed by atoms with Crippen LogP contribution in [0.1, 0.15) is 18.1 Å². The highest BCUT2D eigenvalue weighted by molar-refractivity contribution is 5.26. The number of nitrogens with two attached hydrogens (primary N) is 1. The summed E-state index contributed by atoms with van der Waals surface area (Å²) in [6, 6.07) is 8.31. The molecule has 0 heterocycles. The zero-order valence-electron chi connectivity index (χ0n) is 10.4. The Labute approximate surface area is 98.2 Å². The molecule has 0 amide bonds. The molecule has 0 aliphatic rings. The summed E-state index contributed by atoms with van der Waals surface area (Å²) < 4.78 is 5.25. The first kappa shape index (κ1) is 13.2. The van der Waals surface area contributed by atoms with Crippen LogP contribution < -0.4 is 5.73 Å². The monoisotopic (exact) mass is 222 g/mol. The normalized spacial score (nSPS) is 13.1. The molecule has 0 spiro atoms.